The van der Waals surface area contributed by atoms with Gasteiger partial charge in [-0.2, -0.15) is 17.7 Å². The zero-order valence-electron chi connectivity index (χ0n) is 17.0. The molecule has 0 radical (unpaired) electrons. The summed E-state index contributed by atoms with van der Waals surface area (Å²) in [4.78, 5) is 0. The molecule has 28 heavy (non-hydrogen) atoms. The predicted octanol–water partition coefficient (Wildman–Crippen LogP) is 5.36. The van der Waals surface area contributed by atoms with Gasteiger partial charge in [0.25, 0.3) is 5.01 Å². The number of rotatable bonds is 2. The van der Waals surface area contributed by atoms with E-state index < -0.39 is 11.7 Å². The summed E-state index contributed by atoms with van der Waals surface area (Å²) in [6.45, 7) is 8.24. The van der Waals surface area contributed by atoms with Gasteiger partial charge in [0.1, 0.15) is 14.1 Å². The second-order valence-corrected chi connectivity index (χ2v) is 9.07. The Kier molecular flexibility index (Phi) is 5.13. The molecule has 0 aliphatic carbocycles. The van der Waals surface area contributed by atoms with Gasteiger partial charge in [0.15, 0.2) is 12.4 Å². The minimum Gasteiger partial charge on any atom is -0.201 e. The van der Waals surface area contributed by atoms with Crippen LogP contribution in [0.3, 0.4) is 0 Å². The highest BCUT2D eigenvalue weighted by molar-refractivity contribution is 7.12. The van der Waals surface area contributed by atoms with Crippen LogP contribution in [0.4, 0.5) is 13.2 Å². The Bertz CT molecular complexity index is 1030. The first-order chi connectivity index (χ1) is 12.9. The lowest BCUT2D eigenvalue weighted by Gasteiger charge is -2.18. The molecule has 148 valence electrons. The summed E-state index contributed by atoms with van der Waals surface area (Å²) in [5, 5.41) is 2.69. The molecule has 0 atom stereocenters. The predicted molar refractivity (Wildman–Crippen MR) is 106 cm³/mol. The van der Waals surface area contributed by atoms with E-state index in [9.17, 15) is 13.2 Å². The molecule has 0 N–H and O–H groups in total. The fourth-order valence-corrected chi connectivity index (χ4v) is 4.23. The van der Waals surface area contributed by atoms with E-state index in [0.717, 1.165) is 21.8 Å². The minimum absolute atomic E-state index is 0.0327. The fourth-order valence-electron chi connectivity index (χ4n) is 3.29. The first-order valence-corrected chi connectivity index (χ1v) is 9.93. The van der Waals surface area contributed by atoms with E-state index >= 15 is 0 Å². The molecule has 2 nitrogen and oxygen atoms in total. The van der Waals surface area contributed by atoms with Gasteiger partial charge in [-0.15, -0.1) is 0 Å². The standard InChI is InChI=1S/C22H25F3N2S/c1-14-17(19-8-7-15(13-27(19)6)21(2,3)4)11-16(22(23,24)25)12-18(14)20-26(5)9-10-28-20/h7-13H,1-6H3/q+2. The van der Waals surface area contributed by atoms with Gasteiger partial charge in [0, 0.05) is 11.6 Å². The Morgan fingerprint density at radius 2 is 1.54 bits per heavy atom. The van der Waals surface area contributed by atoms with Crippen LogP contribution in [0.1, 0.15) is 37.5 Å². The molecule has 6 heteroatoms. The molecule has 2 heterocycles. The number of nitrogens with zero attached hydrogens (tertiary/aromatic N) is 2. The van der Waals surface area contributed by atoms with Crippen LogP contribution in [0.25, 0.3) is 21.8 Å². The van der Waals surface area contributed by atoms with Gasteiger partial charge in [-0.05, 0) is 36.1 Å². The Hall–Kier alpha value is -2.21. The molecule has 3 aromatic rings. The lowest BCUT2D eigenvalue weighted by atomic mass is 9.87. The van der Waals surface area contributed by atoms with Gasteiger partial charge < -0.3 is 0 Å². The summed E-state index contributed by atoms with van der Waals surface area (Å²) >= 11 is 1.44. The van der Waals surface area contributed by atoms with Gasteiger partial charge in [-0.1, -0.05) is 32.1 Å². The Morgan fingerprint density at radius 1 is 0.893 bits per heavy atom. The number of hydrogen-bond donors (Lipinski definition) is 0. The Morgan fingerprint density at radius 3 is 2.04 bits per heavy atom. The van der Waals surface area contributed by atoms with Crippen molar-refractivity contribution < 1.29 is 22.3 Å². The number of thiazole rings is 1. The quantitative estimate of drug-likeness (QED) is 0.507. The lowest BCUT2D eigenvalue weighted by molar-refractivity contribution is -0.661. The minimum atomic E-state index is -4.41. The van der Waals surface area contributed by atoms with Crippen LogP contribution in [0.15, 0.2) is 42.0 Å². The van der Waals surface area contributed by atoms with Crippen molar-refractivity contribution in [2.45, 2.75) is 39.3 Å². The average molecular weight is 407 g/mol. The molecule has 0 amide bonds. The number of aryl methyl sites for hydroxylation is 2. The smallest absolute Gasteiger partial charge is 0.201 e. The van der Waals surface area contributed by atoms with Crippen LogP contribution in [0.5, 0.6) is 0 Å². The maximum Gasteiger partial charge on any atom is 0.416 e. The molecule has 0 aliphatic heterocycles. The number of alkyl halides is 3. The third kappa shape index (κ3) is 3.83. The highest BCUT2D eigenvalue weighted by Crippen LogP contribution is 2.38. The second kappa shape index (κ2) is 6.99. The van der Waals surface area contributed by atoms with Crippen molar-refractivity contribution in [1.82, 2.24) is 0 Å². The van der Waals surface area contributed by atoms with Crippen LogP contribution in [-0.4, -0.2) is 0 Å². The topological polar surface area (TPSA) is 7.76 Å². The van der Waals surface area contributed by atoms with Crippen molar-refractivity contribution in [2.24, 2.45) is 14.1 Å². The molecular weight excluding hydrogens is 381 g/mol. The monoisotopic (exact) mass is 406 g/mol. The molecule has 0 fully saturated rings. The number of aromatic nitrogens is 2. The van der Waals surface area contributed by atoms with Crippen molar-refractivity contribution in [3.05, 3.63) is 58.7 Å². The van der Waals surface area contributed by atoms with Crippen LogP contribution < -0.4 is 9.13 Å². The van der Waals surface area contributed by atoms with E-state index in [1.165, 1.54) is 23.5 Å². The molecule has 2 aromatic heterocycles. The van der Waals surface area contributed by atoms with Gasteiger partial charge >= 0.3 is 6.18 Å². The third-order valence-corrected chi connectivity index (χ3v) is 6.01. The van der Waals surface area contributed by atoms with Crippen molar-refractivity contribution >= 4 is 11.3 Å². The summed E-state index contributed by atoms with van der Waals surface area (Å²) in [5.74, 6) is 0. The summed E-state index contributed by atoms with van der Waals surface area (Å²) in [6.07, 6.45) is -0.547. The second-order valence-electron chi connectivity index (χ2n) is 8.18. The van der Waals surface area contributed by atoms with E-state index in [1.54, 1.807) is 0 Å². The maximum atomic E-state index is 13.6. The van der Waals surface area contributed by atoms with Crippen LogP contribution in [-0.2, 0) is 25.7 Å². The number of benzene rings is 1. The van der Waals surface area contributed by atoms with Gasteiger partial charge in [0.05, 0.1) is 22.1 Å². The summed E-state index contributed by atoms with van der Waals surface area (Å²) in [7, 11) is 3.73. The molecule has 0 spiro atoms. The van der Waals surface area contributed by atoms with E-state index in [0.29, 0.717) is 11.1 Å². The van der Waals surface area contributed by atoms with Gasteiger partial charge in [-0.25, -0.2) is 4.57 Å². The van der Waals surface area contributed by atoms with Crippen LogP contribution in [0.2, 0.25) is 0 Å². The normalized spacial score (nSPS) is 12.5. The Labute approximate surface area is 167 Å². The first-order valence-electron chi connectivity index (χ1n) is 9.05. The zero-order valence-corrected chi connectivity index (χ0v) is 17.8. The molecule has 0 saturated heterocycles. The van der Waals surface area contributed by atoms with Gasteiger partial charge in [0.2, 0.25) is 5.69 Å². The summed E-state index contributed by atoms with van der Waals surface area (Å²) < 4.78 is 44.7. The zero-order chi connectivity index (χ0) is 20.9. The number of halogens is 3. The number of pyridine rings is 1. The average Bonchev–Trinajstić information content (AvgIpc) is 2.99. The molecule has 0 saturated carbocycles. The van der Waals surface area contributed by atoms with E-state index in [1.807, 2.05) is 60.1 Å². The van der Waals surface area contributed by atoms with Crippen molar-refractivity contribution in [2.75, 3.05) is 0 Å². The third-order valence-electron chi connectivity index (χ3n) is 5.03. The molecule has 0 unspecified atom stereocenters. The molecule has 0 bridgehead atoms. The van der Waals surface area contributed by atoms with Crippen LogP contribution in [0, 0.1) is 6.92 Å². The molecule has 1 aromatic carbocycles. The van der Waals surface area contributed by atoms with Gasteiger partial charge in [-0.3, -0.25) is 0 Å². The van der Waals surface area contributed by atoms with Crippen molar-refractivity contribution in [1.29, 1.82) is 0 Å². The Balaban J connectivity index is 2.28. The molecular formula is C22H25F3N2S+2. The highest BCUT2D eigenvalue weighted by atomic mass is 32.1. The molecule has 3 rings (SSSR count). The highest BCUT2D eigenvalue weighted by Gasteiger charge is 2.34. The molecule has 0 aliphatic rings. The lowest BCUT2D eigenvalue weighted by Crippen LogP contribution is -2.33. The summed E-state index contributed by atoms with van der Waals surface area (Å²) in [6, 6.07) is 6.44. The van der Waals surface area contributed by atoms with Crippen molar-refractivity contribution in [3.8, 4) is 21.8 Å². The van der Waals surface area contributed by atoms with E-state index in [-0.39, 0.29) is 5.41 Å². The van der Waals surface area contributed by atoms with Crippen molar-refractivity contribution in [3.63, 3.8) is 0 Å². The summed E-state index contributed by atoms with van der Waals surface area (Å²) in [5.41, 5.74) is 3.28. The largest absolute Gasteiger partial charge is 0.416 e. The van der Waals surface area contributed by atoms with E-state index in [2.05, 4.69) is 20.8 Å². The SMILES string of the molecule is Cc1c(-c2ccc(C(C)(C)C)c[n+]2C)cc(C(F)(F)F)cc1-c1scc[n+]1C. The number of hydrogen-bond acceptors (Lipinski definition) is 1. The fraction of sp³-hybridized carbons (Fsp3) is 0.364. The first kappa shape index (κ1) is 20.5. The van der Waals surface area contributed by atoms with Crippen LogP contribution >= 0.6 is 11.3 Å². The maximum absolute atomic E-state index is 13.6. The van der Waals surface area contributed by atoms with E-state index in [4.69, 9.17) is 0 Å².